The zero-order valence-electron chi connectivity index (χ0n) is 9.91. The fourth-order valence-electron chi connectivity index (χ4n) is 2.27. The van der Waals surface area contributed by atoms with Gasteiger partial charge in [-0.15, -0.1) is 11.6 Å². The van der Waals surface area contributed by atoms with Gasteiger partial charge in [-0.05, 0) is 23.6 Å². The molecule has 0 unspecified atom stereocenters. The summed E-state index contributed by atoms with van der Waals surface area (Å²) in [5, 5.41) is 0. The molecule has 1 aromatic carbocycles. The van der Waals surface area contributed by atoms with Gasteiger partial charge < -0.3 is 9.64 Å². The molecule has 1 aliphatic rings. The summed E-state index contributed by atoms with van der Waals surface area (Å²) in [7, 11) is 1.69. The van der Waals surface area contributed by atoms with Crippen LogP contribution in [0.2, 0.25) is 0 Å². The first-order valence-corrected chi connectivity index (χ1v) is 6.27. The van der Waals surface area contributed by atoms with Crippen molar-refractivity contribution >= 4 is 23.2 Å². The molecule has 1 heterocycles. The number of hydrogen-bond donors (Lipinski definition) is 0. The number of ether oxygens (including phenoxy) is 1. The van der Waals surface area contributed by atoms with E-state index in [4.69, 9.17) is 16.3 Å². The molecule has 1 aromatic rings. The molecule has 17 heavy (non-hydrogen) atoms. The van der Waals surface area contributed by atoms with Gasteiger partial charge in [0.15, 0.2) is 0 Å². The Balaban J connectivity index is 2.26. The minimum Gasteiger partial charge on any atom is -0.380 e. The lowest BCUT2D eigenvalue weighted by Gasteiger charge is -2.17. The summed E-state index contributed by atoms with van der Waals surface area (Å²) < 4.78 is 5.17. The number of benzene rings is 1. The van der Waals surface area contributed by atoms with Gasteiger partial charge in [0.1, 0.15) is 0 Å². The molecule has 0 aromatic heterocycles. The maximum absolute atomic E-state index is 11.9. The van der Waals surface area contributed by atoms with Gasteiger partial charge in [0.2, 0.25) is 5.91 Å². The molecule has 0 saturated carbocycles. The number of carbonyl (C=O) groups is 1. The van der Waals surface area contributed by atoms with Gasteiger partial charge in [0.05, 0.1) is 6.61 Å². The van der Waals surface area contributed by atoms with Crippen molar-refractivity contribution in [3.05, 3.63) is 29.3 Å². The lowest BCUT2D eigenvalue weighted by Crippen LogP contribution is -2.28. The lowest BCUT2D eigenvalue weighted by atomic mass is 10.1. The van der Waals surface area contributed by atoms with Crippen molar-refractivity contribution < 1.29 is 9.53 Å². The van der Waals surface area contributed by atoms with Crippen molar-refractivity contribution in [2.45, 2.75) is 19.4 Å². The molecule has 92 valence electrons. The predicted molar refractivity (Wildman–Crippen MR) is 68.5 cm³/mol. The average molecular weight is 254 g/mol. The molecule has 0 N–H and O–H groups in total. The van der Waals surface area contributed by atoms with Crippen molar-refractivity contribution in [1.82, 2.24) is 0 Å². The first-order valence-electron chi connectivity index (χ1n) is 5.74. The Hall–Kier alpha value is -1.06. The summed E-state index contributed by atoms with van der Waals surface area (Å²) in [4.78, 5) is 13.7. The Bertz CT molecular complexity index is 420. The van der Waals surface area contributed by atoms with Crippen molar-refractivity contribution in [2.75, 3.05) is 24.4 Å². The van der Waals surface area contributed by atoms with Crippen molar-refractivity contribution in [2.24, 2.45) is 0 Å². The van der Waals surface area contributed by atoms with Crippen molar-refractivity contribution in [1.29, 1.82) is 0 Å². The van der Waals surface area contributed by atoms with E-state index in [1.807, 2.05) is 17.0 Å². The third-order valence-electron chi connectivity index (χ3n) is 3.03. The molecule has 4 heteroatoms. The summed E-state index contributed by atoms with van der Waals surface area (Å²) >= 11 is 5.62. The third kappa shape index (κ3) is 2.45. The fraction of sp³-hybridized carbons (Fsp3) is 0.462. The number of fused-ring (bicyclic) bond motifs is 1. The summed E-state index contributed by atoms with van der Waals surface area (Å²) in [5.74, 6) is 0.482. The van der Waals surface area contributed by atoms with E-state index in [9.17, 15) is 4.79 Å². The number of carbonyl (C=O) groups excluding carboxylic acids is 1. The summed E-state index contributed by atoms with van der Waals surface area (Å²) in [6, 6.07) is 6.02. The van der Waals surface area contributed by atoms with E-state index in [2.05, 4.69) is 6.07 Å². The van der Waals surface area contributed by atoms with Gasteiger partial charge in [-0.3, -0.25) is 4.79 Å². The molecule has 1 amide bonds. The van der Waals surface area contributed by atoms with Crippen LogP contribution in [0.25, 0.3) is 0 Å². The van der Waals surface area contributed by atoms with Crippen LogP contribution in [0.5, 0.6) is 0 Å². The third-order valence-corrected chi connectivity index (χ3v) is 3.22. The van der Waals surface area contributed by atoms with Crippen LogP contribution < -0.4 is 4.90 Å². The van der Waals surface area contributed by atoms with E-state index in [0.29, 0.717) is 18.9 Å². The van der Waals surface area contributed by atoms with E-state index in [1.54, 1.807) is 7.11 Å². The van der Waals surface area contributed by atoms with Gasteiger partial charge >= 0.3 is 0 Å². The topological polar surface area (TPSA) is 29.5 Å². The van der Waals surface area contributed by atoms with Crippen molar-refractivity contribution in [3.8, 4) is 0 Å². The highest BCUT2D eigenvalue weighted by Crippen LogP contribution is 2.31. The van der Waals surface area contributed by atoms with Crippen LogP contribution in [-0.2, 0) is 22.6 Å². The molecule has 2 rings (SSSR count). The molecule has 0 atom stereocenters. The van der Waals surface area contributed by atoms with E-state index in [0.717, 1.165) is 18.7 Å². The molecule has 0 radical (unpaired) electrons. The second-order valence-corrected chi connectivity index (χ2v) is 4.46. The zero-order valence-corrected chi connectivity index (χ0v) is 10.7. The van der Waals surface area contributed by atoms with E-state index in [-0.39, 0.29) is 5.91 Å². The van der Waals surface area contributed by atoms with Crippen LogP contribution in [0.15, 0.2) is 18.2 Å². The normalized spacial score (nSPS) is 13.9. The van der Waals surface area contributed by atoms with Gasteiger partial charge in [-0.2, -0.15) is 0 Å². The SMILES string of the molecule is COCc1cccc2c1CCN2C(=O)CCCl. The Morgan fingerprint density at radius 1 is 1.53 bits per heavy atom. The lowest BCUT2D eigenvalue weighted by molar-refractivity contribution is -0.118. The molecular weight excluding hydrogens is 238 g/mol. The fourth-order valence-corrected chi connectivity index (χ4v) is 2.43. The highest BCUT2D eigenvalue weighted by Gasteiger charge is 2.25. The maximum Gasteiger partial charge on any atom is 0.228 e. The molecule has 0 fully saturated rings. The Kier molecular flexibility index (Phi) is 4.02. The number of hydrogen-bond acceptors (Lipinski definition) is 2. The monoisotopic (exact) mass is 253 g/mol. The van der Waals surface area contributed by atoms with Gasteiger partial charge in [0.25, 0.3) is 0 Å². The number of amides is 1. The number of rotatable bonds is 4. The largest absolute Gasteiger partial charge is 0.380 e. The Morgan fingerprint density at radius 3 is 3.06 bits per heavy atom. The second kappa shape index (κ2) is 5.52. The average Bonchev–Trinajstić information content (AvgIpc) is 2.74. The number of alkyl halides is 1. The molecule has 0 spiro atoms. The summed E-state index contributed by atoms with van der Waals surface area (Å²) in [5.41, 5.74) is 3.43. The van der Waals surface area contributed by atoms with Crippen LogP contribution in [0.4, 0.5) is 5.69 Å². The minimum atomic E-state index is 0.105. The first kappa shape index (κ1) is 12.4. The highest BCUT2D eigenvalue weighted by atomic mass is 35.5. The number of methoxy groups -OCH3 is 1. The number of anilines is 1. The molecule has 1 aliphatic heterocycles. The first-order chi connectivity index (χ1) is 8.27. The van der Waals surface area contributed by atoms with E-state index in [1.165, 1.54) is 11.1 Å². The number of halogens is 1. The smallest absolute Gasteiger partial charge is 0.228 e. The molecule has 0 bridgehead atoms. The van der Waals surface area contributed by atoms with Gasteiger partial charge in [0, 0.05) is 31.6 Å². The maximum atomic E-state index is 11.9. The van der Waals surface area contributed by atoms with E-state index >= 15 is 0 Å². The zero-order chi connectivity index (χ0) is 12.3. The van der Waals surface area contributed by atoms with E-state index < -0.39 is 0 Å². The summed E-state index contributed by atoms with van der Waals surface area (Å²) in [6.45, 7) is 1.35. The Labute approximate surface area is 106 Å². The molecule has 0 aliphatic carbocycles. The molecule has 3 nitrogen and oxygen atoms in total. The van der Waals surface area contributed by atoms with Crippen LogP contribution in [-0.4, -0.2) is 25.4 Å². The van der Waals surface area contributed by atoms with Gasteiger partial charge in [-0.25, -0.2) is 0 Å². The molecular formula is C13H16ClNO2. The van der Waals surface area contributed by atoms with Gasteiger partial charge in [-0.1, -0.05) is 12.1 Å². The summed E-state index contributed by atoms with van der Waals surface area (Å²) in [6.07, 6.45) is 1.30. The quantitative estimate of drug-likeness (QED) is 0.771. The number of nitrogens with zero attached hydrogens (tertiary/aromatic N) is 1. The molecule has 0 saturated heterocycles. The van der Waals surface area contributed by atoms with Crippen LogP contribution >= 0.6 is 11.6 Å². The minimum absolute atomic E-state index is 0.105. The predicted octanol–water partition coefficient (Wildman–Crippen LogP) is 2.35. The Morgan fingerprint density at radius 2 is 2.35 bits per heavy atom. The standard InChI is InChI=1S/C13H16ClNO2/c1-17-9-10-3-2-4-12-11(10)6-8-15(12)13(16)5-7-14/h2-4H,5-9H2,1H3. The second-order valence-electron chi connectivity index (χ2n) is 4.08. The van der Waals surface area contributed by atoms with Crippen molar-refractivity contribution in [3.63, 3.8) is 0 Å². The van der Waals surface area contributed by atoms with Crippen LogP contribution in [0.3, 0.4) is 0 Å². The highest BCUT2D eigenvalue weighted by molar-refractivity contribution is 6.19. The van der Waals surface area contributed by atoms with Crippen LogP contribution in [0, 0.1) is 0 Å². The van der Waals surface area contributed by atoms with Crippen LogP contribution in [0.1, 0.15) is 17.5 Å².